The maximum absolute atomic E-state index is 11.6. The van der Waals surface area contributed by atoms with Crippen LogP contribution in [0, 0.1) is 0 Å². The molecule has 0 atom stereocenters. The Morgan fingerprint density at radius 2 is 2.13 bits per heavy atom. The Labute approximate surface area is 89.7 Å². The molecule has 0 bridgehead atoms. The second kappa shape index (κ2) is 4.38. The zero-order valence-corrected chi connectivity index (χ0v) is 9.57. The minimum atomic E-state index is -0.358. The molecule has 82 valence electrons. The molecule has 1 heterocycles. The van der Waals surface area contributed by atoms with Crippen molar-refractivity contribution in [1.29, 1.82) is 0 Å². The van der Waals surface area contributed by atoms with E-state index < -0.39 is 0 Å². The molecule has 0 aliphatic heterocycles. The van der Waals surface area contributed by atoms with Crippen molar-refractivity contribution in [3.8, 4) is 0 Å². The first-order valence-corrected chi connectivity index (χ1v) is 4.94. The van der Waals surface area contributed by atoms with Gasteiger partial charge in [-0.2, -0.15) is 0 Å². The summed E-state index contributed by atoms with van der Waals surface area (Å²) in [4.78, 5) is 19.6. The molecule has 0 radical (unpaired) electrons. The summed E-state index contributed by atoms with van der Waals surface area (Å²) in [6, 6.07) is 0. The monoisotopic (exact) mass is 208 g/mol. The molecular formula is C11H16N2O2. The van der Waals surface area contributed by atoms with E-state index in [4.69, 9.17) is 4.74 Å². The molecule has 0 aliphatic carbocycles. The Balaban J connectivity index is 3.12. The summed E-state index contributed by atoms with van der Waals surface area (Å²) in [7, 11) is 0. The van der Waals surface area contributed by atoms with Crippen LogP contribution in [0.2, 0.25) is 0 Å². The quantitative estimate of drug-likeness (QED) is 0.697. The average molecular weight is 208 g/mol. The molecule has 1 aromatic rings. The third-order valence-electron chi connectivity index (χ3n) is 1.92. The molecule has 0 aromatic carbocycles. The van der Waals surface area contributed by atoms with Gasteiger partial charge in [-0.25, -0.2) is 14.8 Å². The van der Waals surface area contributed by atoms with Crippen LogP contribution in [-0.2, 0) is 10.2 Å². The molecule has 1 rings (SSSR count). The zero-order chi connectivity index (χ0) is 11.5. The summed E-state index contributed by atoms with van der Waals surface area (Å²) in [6.45, 7) is 8.13. The van der Waals surface area contributed by atoms with Crippen LogP contribution in [0.4, 0.5) is 0 Å². The Hall–Kier alpha value is -1.45. The van der Waals surface area contributed by atoms with Crippen molar-refractivity contribution in [3.05, 3.63) is 23.8 Å². The van der Waals surface area contributed by atoms with Crippen molar-refractivity contribution in [2.24, 2.45) is 0 Å². The van der Waals surface area contributed by atoms with Crippen LogP contribution in [0.15, 0.2) is 12.5 Å². The summed E-state index contributed by atoms with van der Waals surface area (Å²) in [5.74, 6) is -0.358. The molecule has 4 nitrogen and oxygen atoms in total. The highest BCUT2D eigenvalue weighted by molar-refractivity contribution is 5.90. The van der Waals surface area contributed by atoms with E-state index in [0.29, 0.717) is 12.2 Å². The molecule has 0 fully saturated rings. The van der Waals surface area contributed by atoms with Crippen LogP contribution in [0.3, 0.4) is 0 Å². The lowest BCUT2D eigenvalue weighted by molar-refractivity contribution is 0.0522. The van der Waals surface area contributed by atoms with E-state index in [0.717, 1.165) is 5.69 Å². The molecule has 0 N–H and O–H groups in total. The normalized spacial score (nSPS) is 11.2. The van der Waals surface area contributed by atoms with E-state index in [-0.39, 0.29) is 11.4 Å². The van der Waals surface area contributed by atoms with Gasteiger partial charge in [0, 0.05) is 11.6 Å². The second-order valence-corrected chi connectivity index (χ2v) is 4.26. The molecule has 0 amide bonds. The zero-order valence-electron chi connectivity index (χ0n) is 9.57. The second-order valence-electron chi connectivity index (χ2n) is 4.26. The lowest BCUT2D eigenvalue weighted by atomic mass is 9.89. The molecule has 1 aromatic heterocycles. The van der Waals surface area contributed by atoms with Gasteiger partial charge in [-0.3, -0.25) is 0 Å². The van der Waals surface area contributed by atoms with Crippen LogP contribution >= 0.6 is 0 Å². The Kier molecular flexibility index (Phi) is 3.39. The van der Waals surface area contributed by atoms with Gasteiger partial charge in [0.25, 0.3) is 0 Å². The van der Waals surface area contributed by atoms with E-state index in [1.165, 1.54) is 12.5 Å². The highest BCUT2D eigenvalue weighted by atomic mass is 16.5. The minimum absolute atomic E-state index is 0.189. The molecule has 0 saturated heterocycles. The van der Waals surface area contributed by atoms with Gasteiger partial charge in [-0.15, -0.1) is 0 Å². The standard InChI is InChI=1S/C11H16N2O2/c1-5-15-10(14)8-6-12-7-13-9(8)11(2,3)4/h6-7H,5H2,1-4H3. The first-order chi connectivity index (χ1) is 6.96. The summed E-state index contributed by atoms with van der Waals surface area (Å²) in [5.41, 5.74) is 0.980. The van der Waals surface area contributed by atoms with Crippen LogP contribution in [0.5, 0.6) is 0 Å². The smallest absolute Gasteiger partial charge is 0.341 e. The van der Waals surface area contributed by atoms with Gasteiger partial charge in [0.2, 0.25) is 0 Å². The van der Waals surface area contributed by atoms with Gasteiger partial charge in [-0.1, -0.05) is 20.8 Å². The van der Waals surface area contributed by atoms with Crippen molar-refractivity contribution in [2.45, 2.75) is 33.1 Å². The van der Waals surface area contributed by atoms with Crippen molar-refractivity contribution in [2.75, 3.05) is 6.61 Å². The van der Waals surface area contributed by atoms with E-state index in [1.807, 2.05) is 20.8 Å². The number of hydrogen-bond acceptors (Lipinski definition) is 4. The molecule has 0 saturated carbocycles. The predicted octanol–water partition coefficient (Wildman–Crippen LogP) is 1.95. The summed E-state index contributed by atoms with van der Waals surface area (Å²) in [6.07, 6.45) is 2.95. The highest BCUT2D eigenvalue weighted by Gasteiger charge is 2.23. The fourth-order valence-electron chi connectivity index (χ4n) is 1.29. The molecule has 0 unspecified atom stereocenters. The number of nitrogens with zero attached hydrogens (tertiary/aromatic N) is 2. The SMILES string of the molecule is CCOC(=O)c1cncnc1C(C)(C)C. The number of carbonyl (C=O) groups is 1. The third-order valence-corrected chi connectivity index (χ3v) is 1.92. The molecule has 15 heavy (non-hydrogen) atoms. The molecular weight excluding hydrogens is 192 g/mol. The number of rotatable bonds is 2. The summed E-state index contributed by atoms with van der Waals surface area (Å²) < 4.78 is 4.94. The van der Waals surface area contributed by atoms with Crippen molar-refractivity contribution < 1.29 is 9.53 Å². The Morgan fingerprint density at radius 1 is 1.47 bits per heavy atom. The Morgan fingerprint density at radius 3 is 2.67 bits per heavy atom. The lowest BCUT2D eigenvalue weighted by Crippen LogP contribution is -2.20. The Bertz CT molecular complexity index is 356. The van der Waals surface area contributed by atoms with Crippen molar-refractivity contribution >= 4 is 5.97 Å². The van der Waals surface area contributed by atoms with E-state index in [1.54, 1.807) is 6.92 Å². The number of hydrogen-bond donors (Lipinski definition) is 0. The van der Waals surface area contributed by atoms with Gasteiger partial charge in [0.1, 0.15) is 6.33 Å². The fourth-order valence-corrected chi connectivity index (χ4v) is 1.29. The minimum Gasteiger partial charge on any atom is -0.462 e. The van der Waals surface area contributed by atoms with Gasteiger partial charge in [0.05, 0.1) is 17.9 Å². The van der Waals surface area contributed by atoms with Gasteiger partial charge >= 0.3 is 5.97 Å². The predicted molar refractivity (Wildman–Crippen MR) is 56.7 cm³/mol. The largest absolute Gasteiger partial charge is 0.462 e. The maximum Gasteiger partial charge on any atom is 0.341 e. The first-order valence-electron chi connectivity index (χ1n) is 4.94. The van der Waals surface area contributed by atoms with Gasteiger partial charge in [0.15, 0.2) is 0 Å². The average Bonchev–Trinajstić information content (AvgIpc) is 2.17. The highest BCUT2D eigenvalue weighted by Crippen LogP contribution is 2.23. The van der Waals surface area contributed by atoms with Gasteiger partial charge in [-0.05, 0) is 6.92 Å². The lowest BCUT2D eigenvalue weighted by Gasteiger charge is -2.19. The van der Waals surface area contributed by atoms with Crippen molar-refractivity contribution in [1.82, 2.24) is 9.97 Å². The number of aromatic nitrogens is 2. The number of esters is 1. The maximum atomic E-state index is 11.6. The first kappa shape index (κ1) is 11.6. The molecule has 0 spiro atoms. The topological polar surface area (TPSA) is 52.1 Å². The number of ether oxygens (including phenoxy) is 1. The van der Waals surface area contributed by atoms with Crippen LogP contribution < -0.4 is 0 Å². The van der Waals surface area contributed by atoms with Gasteiger partial charge < -0.3 is 4.74 Å². The molecule has 0 aliphatic rings. The third kappa shape index (κ3) is 2.75. The van der Waals surface area contributed by atoms with E-state index >= 15 is 0 Å². The summed E-state index contributed by atoms with van der Waals surface area (Å²) >= 11 is 0. The van der Waals surface area contributed by atoms with E-state index in [9.17, 15) is 4.79 Å². The van der Waals surface area contributed by atoms with Crippen molar-refractivity contribution in [3.63, 3.8) is 0 Å². The fraction of sp³-hybridized carbons (Fsp3) is 0.545. The van der Waals surface area contributed by atoms with Crippen LogP contribution in [0.1, 0.15) is 43.7 Å². The van der Waals surface area contributed by atoms with Crippen LogP contribution in [0.25, 0.3) is 0 Å². The number of carbonyl (C=O) groups excluding carboxylic acids is 1. The van der Waals surface area contributed by atoms with Crippen LogP contribution in [-0.4, -0.2) is 22.5 Å². The molecule has 4 heteroatoms. The van der Waals surface area contributed by atoms with E-state index in [2.05, 4.69) is 9.97 Å². The summed E-state index contributed by atoms with van der Waals surface area (Å²) in [5, 5.41) is 0.